The topological polar surface area (TPSA) is 75.6 Å². The molecule has 23 heavy (non-hydrogen) atoms. The van der Waals surface area contributed by atoms with Gasteiger partial charge in [0.05, 0.1) is 12.0 Å². The van der Waals surface area contributed by atoms with Crippen LogP contribution >= 0.6 is 0 Å². The van der Waals surface area contributed by atoms with Gasteiger partial charge in [0.2, 0.25) is 5.91 Å². The first-order valence-corrected chi connectivity index (χ1v) is 7.95. The molecule has 5 nitrogen and oxygen atoms in total. The number of rotatable bonds is 8. The average molecular weight is 321 g/mol. The van der Waals surface area contributed by atoms with Crippen molar-refractivity contribution in [1.82, 2.24) is 5.32 Å². The van der Waals surface area contributed by atoms with Crippen molar-refractivity contribution in [3.05, 3.63) is 35.4 Å². The van der Waals surface area contributed by atoms with E-state index in [4.69, 9.17) is 4.74 Å². The van der Waals surface area contributed by atoms with Gasteiger partial charge < -0.3 is 15.2 Å². The number of hydrogen-bond acceptors (Lipinski definition) is 3. The highest BCUT2D eigenvalue weighted by Gasteiger charge is 2.21. The van der Waals surface area contributed by atoms with Gasteiger partial charge in [0.15, 0.2) is 0 Å². The number of carboxylic acid groups (broad SMARTS) is 1. The summed E-state index contributed by atoms with van der Waals surface area (Å²) in [5.41, 5.74) is 1.72. The summed E-state index contributed by atoms with van der Waals surface area (Å²) in [6, 6.07) is 6.83. The molecule has 0 saturated carbocycles. The smallest absolute Gasteiger partial charge is 0.326 e. The molecule has 1 aromatic rings. The third-order valence-electron chi connectivity index (χ3n) is 3.34. The number of carboxylic acids is 1. The number of ether oxygens (including phenoxy) is 1. The molecule has 1 unspecified atom stereocenters. The normalized spacial score (nSPS) is 12.7. The van der Waals surface area contributed by atoms with E-state index in [0.717, 1.165) is 17.5 Å². The fourth-order valence-electron chi connectivity index (χ4n) is 2.13. The zero-order valence-electron chi connectivity index (χ0n) is 14.4. The van der Waals surface area contributed by atoms with Gasteiger partial charge in [-0.1, -0.05) is 31.2 Å². The van der Waals surface area contributed by atoms with Gasteiger partial charge in [-0.25, -0.2) is 4.79 Å². The molecule has 0 saturated heterocycles. The van der Waals surface area contributed by atoms with Gasteiger partial charge in [0.25, 0.3) is 0 Å². The molecule has 0 aliphatic rings. The minimum atomic E-state index is -1.04. The summed E-state index contributed by atoms with van der Waals surface area (Å²) in [4.78, 5) is 23.3. The van der Waals surface area contributed by atoms with Crippen LogP contribution in [0.4, 0.5) is 0 Å². The maximum atomic E-state index is 12.1. The minimum Gasteiger partial charge on any atom is -0.480 e. The molecule has 0 aliphatic heterocycles. The van der Waals surface area contributed by atoms with Gasteiger partial charge in [-0.2, -0.15) is 0 Å². The molecule has 0 aliphatic carbocycles. The summed E-state index contributed by atoms with van der Waals surface area (Å²) in [5.74, 6) is -1.33. The monoisotopic (exact) mass is 321 g/mol. The Labute approximate surface area is 138 Å². The standard InChI is InChI=1S/C18H27NO4/c1-5-13-7-6-8-14(11-13)12-16(20)19-15(17(21)22)9-10-23-18(2,3)4/h6-8,11,15H,5,9-10,12H2,1-4H3,(H,19,20)(H,21,22). The van der Waals surface area contributed by atoms with E-state index in [-0.39, 0.29) is 31.0 Å². The van der Waals surface area contributed by atoms with Crippen molar-refractivity contribution in [2.24, 2.45) is 0 Å². The van der Waals surface area contributed by atoms with E-state index in [1.54, 1.807) is 0 Å². The van der Waals surface area contributed by atoms with Gasteiger partial charge in [-0.3, -0.25) is 4.79 Å². The van der Waals surface area contributed by atoms with Gasteiger partial charge in [-0.15, -0.1) is 0 Å². The predicted octanol–water partition coefficient (Wildman–Crippen LogP) is 2.57. The summed E-state index contributed by atoms with van der Waals surface area (Å²) in [7, 11) is 0. The number of carbonyl (C=O) groups excluding carboxylic acids is 1. The molecule has 1 amide bonds. The summed E-state index contributed by atoms with van der Waals surface area (Å²) in [5, 5.41) is 11.8. The molecule has 1 rings (SSSR count). The Bertz CT molecular complexity index is 534. The van der Waals surface area contributed by atoms with E-state index in [9.17, 15) is 14.7 Å². The van der Waals surface area contributed by atoms with Crippen LogP contribution in [-0.4, -0.2) is 35.2 Å². The molecule has 1 atom stereocenters. The Morgan fingerprint density at radius 1 is 1.26 bits per heavy atom. The van der Waals surface area contributed by atoms with Crippen LogP contribution < -0.4 is 5.32 Å². The van der Waals surface area contributed by atoms with Crippen molar-refractivity contribution in [2.75, 3.05) is 6.61 Å². The second-order valence-corrected chi connectivity index (χ2v) is 6.56. The summed E-state index contributed by atoms with van der Waals surface area (Å²) < 4.78 is 5.53. The number of amides is 1. The van der Waals surface area contributed by atoms with Crippen molar-refractivity contribution in [3.63, 3.8) is 0 Å². The quantitative estimate of drug-likeness (QED) is 0.771. The predicted molar refractivity (Wildman–Crippen MR) is 89.4 cm³/mol. The lowest BCUT2D eigenvalue weighted by atomic mass is 10.1. The number of carbonyl (C=O) groups is 2. The molecule has 5 heteroatoms. The van der Waals surface area contributed by atoms with Crippen LogP contribution in [0.1, 0.15) is 45.2 Å². The van der Waals surface area contributed by atoms with Crippen LogP contribution in [0.3, 0.4) is 0 Å². The van der Waals surface area contributed by atoms with Gasteiger partial charge in [0, 0.05) is 13.0 Å². The molecule has 0 heterocycles. The number of benzene rings is 1. The fourth-order valence-corrected chi connectivity index (χ4v) is 2.13. The van der Waals surface area contributed by atoms with Gasteiger partial charge >= 0.3 is 5.97 Å². The molecule has 1 aromatic carbocycles. The third-order valence-corrected chi connectivity index (χ3v) is 3.34. The summed E-state index contributed by atoms with van der Waals surface area (Å²) in [6.07, 6.45) is 1.32. The highest BCUT2D eigenvalue weighted by molar-refractivity contribution is 5.84. The molecule has 0 spiro atoms. The molecule has 2 N–H and O–H groups in total. The number of aliphatic carboxylic acids is 1. The number of nitrogens with one attached hydrogen (secondary N) is 1. The van der Waals surface area contributed by atoms with E-state index in [1.165, 1.54) is 0 Å². The van der Waals surface area contributed by atoms with Gasteiger partial charge in [0.1, 0.15) is 6.04 Å². The van der Waals surface area contributed by atoms with Crippen molar-refractivity contribution in [1.29, 1.82) is 0 Å². The Morgan fingerprint density at radius 2 is 1.91 bits per heavy atom. The van der Waals surface area contributed by atoms with Crippen LogP contribution in [0.2, 0.25) is 0 Å². The number of aryl methyl sites for hydroxylation is 1. The lowest BCUT2D eigenvalue weighted by Crippen LogP contribution is -2.42. The summed E-state index contributed by atoms with van der Waals surface area (Å²) in [6.45, 7) is 8.05. The lowest BCUT2D eigenvalue weighted by Gasteiger charge is -2.21. The molecule has 0 fully saturated rings. The highest BCUT2D eigenvalue weighted by Crippen LogP contribution is 2.09. The van der Waals surface area contributed by atoms with E-state index < -0.39 is 12.0 Å². The SMILES string of the molecule is CCc1cccc(CC(=O)NC(CCOC(C)(C)C)C(=O)O)c1. The van der Waals surface area contributed by atoms with Crippen molar-refractivity contribution in [3.8, 4) is 0 Å². The number of hydrogen-bond donors (Lipinski definition) is 2. The van der Waals surface area contributed by atoms with Crippen LogP contribution in [0.5, 0.6) is 0 Å². The highest BCUT2D eigenvalue weighted by atomic mass is 16.5. The Balaban J connectivity index is 2.55. The van der Waals surface area contributed by atoms with E-state index in [1.807, 2.05) is 45.0 Å². The molecule has 128 valence electrons. The first kappa shape index (κ1) is 19.2. The molecular weight excluding hydrogens is 294 g/mol. The third kappa shape index (κ3) is 7.79. The van der Waals surface area contributed by atoms with Crippen LogP contribution in [0.25, 0.3) is 0 Å². The maximum Gasteiger partial charge on any atom is 0.326 e. The minimum absolute atomic E-state index is 0.178. The largest absolute Gasteiger partial charge is 0.480 e. The van der Waals surface area contributed by atoms with E-state index >= 15 is 0 Å². The zero-order valence-corrected chi connectivity index (χ0v) is 14.4. The first-order valence-electron chi connectivity index (χ1n) is 7.95. The Kier molecular flexibility index (Phi) is 7.23. The summed E-state index contributed by atoms with van der Waals surface area (Å²) >= 11 is 0. The van der Waals surface area contributed by atoms with Crippen molar-refractivity contribution < 1.29 is 19.4 Å². The van der Waals surface area contributed by atoms with Crippen LogP contribution in [0.15, 0.2) is 24.3 Å². The Hall–Kier alpha value is -1.88. The molecule has 0 bridgehead atoms. The van der Waals surface area contributed by atoms with Crippen molar-refractivity contribution in [2.45, 2.75) is 58.6 Å². The Morgan fingerprint density at radius 3 is 2.48 bits per heavy atom. The maximum absolute atomic E-state index is 12.1. The second-order valence-electron chi connectivity index (χ2n) is 6.56. The molecular formula is C18H27NO4. The molecule has 0 radical (unpaired) electrons. The first-order chi connectivity index (χ1) is 10.7. The van der Waals surface area contributed by atoms with Crippen LogP contribution in [0, 0.1) is 0 Å². The zero-order chi connectivity index (χ0) is 17.5. The lowest BCUT2D eigenvalue weighted by molar-refractivity contribution is -0.142. The van der Waals surface area contributed by atoms with E-state index in [2.05, 4.69) is 12.2 Å². The average Bonchev–Trinajstić information content (AvgIpc) is 2.45. The fraction of sp³-hybridized carbons (Fsp3) is 0.556. The second kappa shape index (κ2) is 8.67. The van der Waals surface area contributed by atoms with Crippen molar-refractivity contribution >= 4 is 11.9 Å². The molecule has 0 aromatic heterocycles. The van der Waals surface area contributed by atoms with Crippen LogP contribution in [-0.2, 0) is 27.2 Å². The van der Waals surface area contributed by atoms with E-state index in [0.29, 0.717) is 0 Å². The van der Waals surface area contributed by atoms with Gasteiger partial charge in [-0.05, 0) is 38.3 Å².